The highest BCUT2D eigenvalue weighted by Crippen LogP contribution is 2.36. The molecule has 0 unspecified atom stereocenters. The van der Waals surface area contributed by atoms with Crippen LogP contribution in [0.3, 0.4) is 0 Å². The Labute approximate surface area is 198 Å². The van der Waals surface area contributed by atoms with Crippen LogP contribution in [0.2, 0.25) is 0 Å². The Balaban J connectivity index is 1.76. The molecule has 0 saturated heterocycles. The van der Waals surface area contributed by atoms with E-state index in [1.54, 1.807) is 0 Å². The number of aliphatic hydroxyl groups is 2. The predicted octanol–water partition coefficient (Wildman–Crippen LogP) is 4.33. The predicted molar refractivity (Wildman–Crippen MR) is 128 cm³/mol. The van der Waals surface area contributed by atoms with E-state index in [0.29, 0.717) is 32.3 Å². The maximum Gasteiger partial charge on any atom is 0.303 e. The summed E-state index contributed by atoms with van der Waals surface area (Å²) in [5.41, 5.74) is 2.28. The average molecular weight is 463 g/mol. The quantitative estimate of drug-likeness (QED) is 0.316. The van der Waals surface area contributed by atoms with E-state index in [-0.39, 0.29) is 36.6 Å². The zero-order chi connectivity index (χ0) is 24.2. The topological polar surface area (TPSA) is 104 Å². The highest BCUT2D eigenvalue weighted by atomic mass is 16.5. The molecule has 1 aromatic rings. The van der Waals surface area contributed by atoms with E-state index in [9.17, 15) is 19.8 Å². The van der Waals surface area contributed by atoms with E-state index in [1.165, 1.54) is 5.56 Å². The maximum absolute atomic E-state index is 12.4. The van der Waals surface area contributed by atoms with E-state index in [0.717, 1.165) is 37.7 Å². The summed E-state index contributed by atoms with van der Waals surface area (Å²) in [7, 11) is 0. The number of carbonyl (C=O) groups excluding carboxylic acids is 1. The monoisotopic (exact) mass is 462 g/mol. The standard InChI is InChI=1S/C27H42O6/c1-19(2)33-15-14-20-8-7-9-21(16-20)17-22(28)12-13-24-23(25(29)18-26(24)30)10-5-3-4-6-11-27(31)32/h7-9,16,19,22-24,26,28,30H,3-6,10-15,17-18H2,1-2H3,(H,31,32)/t22-,23+,24+,26+/m0/s1. The van der Waals surface area contributed by atoms with Crippen molar-refractivity contribution in [1.29, 1.82) is 0 Å². The molecule has 0 amide bonds. The van der Waals surface area contributed by atoms with Crippen LogP contribution in [-0.2, 0) is 27.2 Å². The van der Waals surface area contributed by atoms with Gasteiger partial charge in [-0.3, -0.25) is 9.59 Å². The highest BCUT2D eigenvalue weighted by Gasteiger charge is 2.40. The van der Waals surface area contributed by atoms with Crippen molar-refractivity contribution in [1.82, 2.24) is 0 Å². The fraction of sp³-hybridized carbons (Fsp3) is 0.704. The van der Waals surface area contributed by atoms with Gasteiger partial charge in [-0.15, -0.1) is 0 Å². The number of ketones is 1. The van der Waals surface area contributed by atoms with E-state index >= 15 is 0 Å². The molecule has 0 aliphatic heterocycles. The van der Waals surface area contributed by atoms with Crippen LogP contribution in [0, 0.1) is 11.8 Å². The van der Waals surface area contributed by atoms with E-state index in [1.807, 2.05) is 26.0 Å². The van der Waals surface area contributed by atoms with Crippen molar-refractivity contribution in [2.24, 2.45) is 11.8 Å². The van der Waals surface area contributed by atoms with Gasteiger partial charge in [-0.25, -0.2) is 0 Å². The molecule has 2 rings (SSSR count). The lowest BCUT2D eigenvalue weighted by Crippen LogP contribution is -2.23. The van der Waals surface area contributed by atoms with Crippen LogP contribution in [0.25, 0.3) is 0 Å². The van der Waals surface area contributed by atoms with Crippen molar-refractivity contribution in [3.05, 3.63) is 35.4 Å². The lowest BCUT2D eigenvalue weighted by molar-refractivity contribution is -0.137. The van der Waals surface area contributed by atoms with E-state index in [2.05, 4.69) is 12.1 Å². The molecule has 6 nitrogen and oxygen atoms in total. The molecular formula is C27H42O6. The van der Waals surface area contributed by atoms with Gasteiger partial charge in [0.25, 0.3) is 0 Å². The van der Waals surface area contributed by atoms with Crippen LogP contribution in [-0.4, -0.2) is 52.0 Å². The van der Waals surface area contributed by atoms with Gasteiger partial charge in [0.2, 0.25) is 0 Å². The number of aliphatic hydroxyl groups excluding tert-OH is 2. The second-order valence-corrected chi connectivity index (χ2v) is 9.78. The first-order valence-electron chi connectivity index (χ1n) is 12.6. The molecule has 186 valence electrons. The van der Waals surface area contributed by atoms with Crippen LogP contribution in [0.4, 0.5) is 0 Å². The summed E-state index contributed by atoms with van der Waals surface area (Å²) in [5.74, 6) is -0.875. The Morgan fingerprint density at radius 2 is 1.85 bits per heavy atom. The summed E-state index contributed by atoms with van der Waals surface area (Å²) in [4.78, 5) is 23.0. The highest BCUT2D eigenvalue weighted by molar-refractivity contribution is 5.84. The number of Topliss-reactive ketones (excluding diaryl/α,β-unsaturated/α-hetero) is 1. The Morgan fingerprint density at radius 1 is 1.12 bits per heavy atom. The molecule has 1 aliphatic carbocycles. The average Bonchev–Trinajstić information content (AvgIpc) is 3.01. The zero-order valence-electron chi connectivity index (χ0n) is 20.2. The first-order valence-corrected chi connectivity index (χ1v) is 12.6. The maximum atomic E-state index is 12.4. The third kappa shape index (κ3) is 10.4. The Bertz CT molecular complexity index is 731. The van der Waals surface area contributed by atoms with Gasteiger partial charge in [0, 0.05) is 18.8 Å². The fourth-order valence-electron chi connectivity index (χ4n) is 4.86. The van der Waals surface area contributed by atoms with Gasteiger partial charge in [0.1, 0.15) is 5.78 Å². The normalized spacial score (nSPS) is 21.6. The van der Waals surface area contributed by atoms with Crippen LogP contribution in [0.15, 0.2) is 24.3 Å². The first kappa shape index (κ1) is 27.5. The molecule has 4 atom stereocenters. The second kappa shape index (κ2) is 14.5. The molecule has 0 heterocycles. The number of benzene rings is 1. The minimum atomic E-state index is -0.769. The summed E-state index contributed by atoms with van der Waals surface area (Å²) in [6.07, 6.45) is 6.12. The summed E-state index contributed by atoms with van der Waals surface area (Å²) in [6, 6.07) is 8.23. The molecule has 0 radical (unpaired) electrons. The van der Waals surface area contributed by atoms with E-state index in [4.69, 9.17) is 9.84 Å². The van der Waals surface area contributed by atoms with Crippen LogP contribution < -0.4 is 0 Å². The third-order valence-corrected chi connectivity index (χ3v) is 6.63. The summed E-state index contributed by atoms with van der Waals surface area (Å²) in [5, 5.41) is 29.7. The number of hydrogen-bond acceptors (Lipinski definition) is 5. The molecule has 1 aromatic carbocycles. The molecule has 1 aliphatic rings. The minimum absolute atomic E-state index is 0.0920. The summed E-state index contributed by atoms with van der Waals surface area (Å²) >= 11 is 0. The number of unbranched alkanes of at least 4 members (excludes halogenated alkanes) is 3. The smallest absolute Gasteiger partial charge is 0.303 e. The Hall–Kier alpha value is -1.76. The van der Waals surface area contributed by atoms with Crippen molar-refractivity contribution in [3.63, 3.8) is 0 Å². The molecule has 0 aromatic heterocycles. The van der Waals surface area contributed by atoms with Crippen molar-refractivity contribution < 1.29 is 29.6 Å². The van der Waals surface area contributed by atoms with Gasteiger partial charge >= 0.3 is 5.97 Å². The van der Waals surface area contributed by atoms with Crippen molar-refractivity contribution in [2.45, 2.75) is 103 Å². The first-order chi connectivity index (χ1) is 15.8. The Kier molecular flexibility index (Phi) is 12.1. The third-order valence-electron chi connectivity index (χ3n) is 6.63. The number of aliphatic carboxylic acids is 1. The number of carbonyl (C=O) groups is 2. The van der Waals surface area contributed by atoms with Gasteiger partial charge < -0.3 is 20.1 Å². The number of carboxylic acid groups (broad SMARTS) is 1. The molecule has 33 heavy (non-hydrogen) atoms. The molecule has 6 heteroatoms. The van der Waals surface area contributed by atoms with E-state index < -0.39 is 18.2 Å². The molecule has 1 saturated carbocycles. The number of hydrogen-bond donors (Lipinski definition) is 3. The van der Waals surface area contributed by atoms with Gasteiger partial charge in [-0.2, -0.15) is 0 Å². The second-order valence-electron chi connectivity index (χ2n) is 9.78. The van der Waals surface area contributed by atoms with Crippen molar-refractivity contribution in [2.75, 3.05) is 6.61 Å². The molecule has 3 N–H and O–H groups in total. The molecule has 0 spiro atoms. The minimum Gasteiger partial charge on any atom is -0.481 e. The molecule has 0 bridgehead atoms. The number of carboxylic acids is 1. The zero-order valence-corrected chi connectivity index (χ0v) is 20.2. The SMILES string of the molecule is CC(C)OCCc1cccc(C[C@@H](O)CC[C@H]2[C@H](O)CC(=O)[C@@H]2CCCCCCC(=O)O)c1. The Morgan fingerprint density at radius 3 is 2.58 bits per heavy atom. The van der Waals surface area contributed by atoms with Crippen LogP contribution >= 0.6 is 0 Å². The fourth-order valence-corrected chi connectivity index (χ4v) is 4.86. The van der Waals surface area contributed by atoms with Crippen molar-refractivity contribution in [3.8, 4) is 0 Å². The summed E-state index contributed by atoms with van der Waals surface area (Å²) < 4.78 is 5.62. The number of ether oxygens (including phenoxy) is 1. The van der Waals surface area contributed by atoms with Gasteiger partial charge in [0.15, 0.2) is 0 Å². The number of rotatable bonds is 16. The molecular weight excluding hydrogens is 420 g/mol. The van der Waals surface area contributed by atoms with Gasteiger partial charge in [-0.05, 0) is 69.4 Å². The van der Waals surface area contributed by atoms with Crippen LogP contribution in [0.1, 0.15) is 82.8 Å². The molecule has 1 fully saturated rings. The lowest BCUT2D eigenvalue weighted by Gasteiger charge is -2.22. The van der Waals surface area contributed by atoms with Gasteiger partial charge in [0.05, 0.1) is 24.9 Å². The van der Waals surface area contributed by atoms with Crippen LogP contribution in [0.5, 0.6) is 0 Å². The largest absolute Gasteiger partial charge is 0.481 e. The van der Waals surface area contributed by atoms with Crippen molar-refractivity contribution >= 4 is 11.8 Å². The van der Waals surface area contributed by atoms with Gasteiger partial charge in [-0.1, -0.05) is 43.5 Å². The summed E-state index contributed by atoms with van der Waals surface area (Å²) in [6.45, 7) is 4.72. The lowest BCUT2D eigenvalue weighted by atomic mass is 9.85.